The number of hydrogen-bond donors (Lipinski definition) is 2. The van der Waals surface area contributed by atoms with E-state index in [0.29, 0.717) is 52.4 Å². The van der Waals surface area contributed by atoms with Crippen LogP contribution in [0.3, 0.4) is 0 Å². The van der Waals surface area contributed by atoms with Crippen LogP contribution in [0.25, 0.3) is 10.9 Å². The normalized spacial score (nSPS) is 16.0. The smallest absolute Gasteiger partial charge is 0.263 e. The SMILES string of the molecule is COc1cccc2ccn(C(C)C(=O)N3CCN(c4ccc(S(=O)(=O)Nc5ccncn5)cc4)CC3)c12.C[C@H](C(=O)N1CCN(c2ccc(S(=O)(=O)Nc3nncs3)cc2)CC1)N1CCCc2cc(Cl)ccc21.[HH].[HH].[HH]. The molecular formula is C50H61ClN12O7S3. The van der Waals surface area contributed by atoms with Gasteiger partial charge in [-0.2, -0.15) is 0 Å². The number of methoxy groups -OCH3 is 1. The highest BCUT2D eigenvalue weighted by Gasteiger charge is 2.32. The van der Waals surface area contributed by atoms with Crippen LogP contribution in [0.2, 0.25) is 5.02 Å². The van der Waals surface area contributed by atoms with Crippen molar-refractivity contribution in [3.63, 3.8) is 0 Å². The minimum Gasteiger partial charge on any atom is -0.495 e. The maximum absolute atomic E-state index is 13.4. The lowest BCUT2D eigenvalue weighted by Gasteiger charge is -2.41. The second-order valence-electron chi connectivity index (χ2n) is 17.7. The second kappa shape index (κ2) is 22.0. The third-order valence-electron chi connectivity index (χ3n) is 13.3. The number of carbonyl (C=O) groups is 2. The molecule has 388 valence electrons. The molecule has 0 radical (unpaired) electrons. The molecule has 2 amide bonds. The summed E-state index contributed by atoms with van der Waals surface area (Å²) in [6, 6.07) is 28.1. The van der Waals surface area contributed by atoms with Crippen LogP contribution in [0.1, 0.15) is 36.2 Å². The molecule has 2 fully saturated rings. The third-order valence-corrected chi connectivity index (χ3v) is 17.0. The Balaban J connectivity index is 0.000000237. The van der Waals surface area contributed by atoms with Crippen LogP contribution in [0.15, 0.2) is 131 Å². The molecule has 1 unspecified atom stereocenters. The molecule has 2 saturated heterocycles. The number of amides is 2. The number of aryl methyl sites for hydroxylation is 1. The van der Waals surface area contributed by atoms with Crippen LogP contribution >= 0.6 is 22.9 Å². The monoisotopic (exact) mass is 1070 g/mol. The molecule has 2 N–H and O–H groups in total. The van der Waals surface area contributed by atoms with Gasteiger partial charge in [0.2, 0.25) is 16.9 Å². The van der Waals surface area contributed by atoms with E-state index in [9.17, 15) is 26.4 Å². The van der Waals surface area contributed by atoms with Crippen LogP contribution in [-0.4, -0.2) is 135 Å². The van der Waals surface area contributed by atoms with Crippen LogP contribution in [0.5, 0.6) is 5.75 Å². The molecule has 73 heavy (non-hydrogen) atoms. The fraction of sp³-hybridized carbons (Fsp3) is 0.320. The largest absolute Gasteiger partial charge is 0.495 e. The van der Waals surface area contributed by atoms with Gasteiger partial charge in [-0.05, 0) is 117 Å². The fourth-order valence-electron chi connectivity index (χ4n) is 9.43. The van der Waals surface area contributed by atoms with Crippen LogP contribution in [0, 0.1) is 0 Å². The lowest BCUT2D eigenvalue weighted by atomic mass is 10.00. The number of para-hydroxylation sites is 1. The maximum atomic E-state index is 13.4. The first-order chi connectivity index (χ1) is 35.2. The highest BCUT2D eigenvalue weighted by atomic mass is 35.5. The van der Waals surface area contributed by atoms with Crippen molar-refractivity contribution >= 4 is 93.7 Å². The first kappa shape index (κ1) is 50.9. The first-order valence-corrected chi connectivity index (χ1v) is 28.0. The number of anilines is 5. The number of sulfonamides is 2. The molecule has 7 aromatic rings. The quantitative estimate of drug-likeness (QED) is 0.116. The number of carbonyl (C=O) groups excluding carboxylic acids is 2. The molecule has 4 aromatic carbocycles. The second-order valence-corrected chi connectivity index (χ2v) is 22.3. The standard InChI is InChI=1S/C26H28N6O4S.C24H27ClN6O3S2.3H2/c1-19(32-13-11-20-4-3-5-23(36-2)25(20)32)26(33)31-16-14-30(15-17-31)21-6-8-22(9-7-21)37(34,35)29-24-10-12-27-18-28-24;1-17(31-10-2-3-18-15-19(25)4-9-22(18)31)23(32)30-13-11-29(12-14-30)20-5-7-21(8-6-20)36(33,34)28-24-27-26-16-35-24;;;/h3-13,18-19H,14-17H2,1-2H3,(H,27,28,29);4-9,15-17H,2-3,10-14H2,1H3,(H,27,28);3*1H/t;17-;;;/m.1.../s1. The molecule has 2 atom stereocenters. The number of rotatable bonds is 13. The Hall–Kier alpha value is -7.01. The summed E-state index contributed by atoms with van der Waals surface area (Å²) in [7, 11) is -5.84. The number of nitrogens with one attached hydrogen (secondary N) is 2. The van der Waals surface area contributed by atoms with E-state index in [1.807, 2.05) is 76.9 Å². The number of nitrogens with zero attached hydrogens (tertiary/aromatic N) is 10. The van der Waals surface area contributed by atoms with E-state index < -0.39 is 20.0 Å². The minimum absolute atomic E-state index is 0. The summed E-state index contributed by atoms with van der Waals surface area (Å²) in [5.41, 5.74) is 6.50. The zero-order chi connectivity index (χ0) is 51.3. The van der Waals surface area contributed by atoms with E-state index in [2.05, 4.69) is 44.3 Å². The van der Waals surface area contributed by atoms with E-state index >= 15 is 0 Å². The van der Waals surface area contributed by atoms with Gasteiger partial charge in [-0.1, -0.05) is 35.1 Å². The van der Waals surface area contributed by atoms with Gasteiger partial charge in [0.25, 0.3) is 20.0 Å². The van der Waals surface area contributed by atoms with Crippen molar-refractivity contribution in [2.45, 2.75) is 48.6 Å². The first-order valence-electron chi connectivity index (χ1n) is 23.7. The molecule has 10 rings (SSSR count). The Bertz CT molecular complexity index is 3280. The highest BCUT2D eigenvalue weighted by Crippen LogP contribution is 2.33. The van der Waals surface area contributed by atoms with Gasteiger partial charge in [0.1, 0.15) is 35.5 Å². The summed E-state index contributed by atoms with van der Waals surface area (Å²) in [6.45, 7) is 9.79. The number of piperazine rings is 2. The van der Waals surface area contributed by atoms with Crippen molar-refractivity contribution in [1.29, 1.82) is 0 Å². The van der Waals surface area contributed by atoms with E-state index in [-0.39, 0.29) is 48.9 Å². The molecule has 3 aliphatic heterocycles. The summed E-state index contributed by atoms with van der Waals surface area (Å²) >= 11 is 7.30. The van der Waals surface area contributed by atoms with Gasteiger partial charge < -0.3 is 33.8 Å². The van der Waals surface area contributed by atoms with Gasteiger partial charge in [0.15, 0.2) is 0 Å². The van der Waals surface area contributed by atoms with Crippen LogP contribution in [0.4, 0.5) is 28.0 Å². The number of fused-ring (bicyclic) bond motifs is 2. The van der Waals surface area contributed by atoms with Crippen molar-refractivity contribution in [2.75, 3.05) is 90.2 Å². The van der Waals surface area contributed by atoms with Crippen molar-refractivity contribution in [1.82, 2.24) is 34.5 Å². The summed E-state index contributed by atoms with van der Waals surface area (Å²) in [6.07, 6.45) is 6.66. The Morgan fingerprint density at radius 1 is 0.740 bits per heavy atom. The maximum Gasteiger partial charge on any atom is 0.263 e. The van der Waals surface area contributed by atoms with Gasteiger partial charge >= 0.3 is 0 Å². The number of ether oxygens (including phenoxy) is 1. The van der Waals surface area contributed by atoms with Gasteiger partial charge in [-0.3, -0.25) is 19.0 Å². The van der Waals surface area contributed by atoms with Crippen molar-refractivity contribution < 1.29 is 35.4 Å². The lowest BCUT2D eigenvalue weighted by molar-refractivity contribution is -0.134. The van der Waals surface area contributed by atoms with E-state index in [0.717, 1.165) is 69.5 Å². The van der Waals surface area contributed by atoms with Crippen molar-refractivity contribution in [3.05, 3.63) is 132 Å². The van der Waals surface area contributed by atoms with Crippen LogP contribution < -0.4 is 28.9 Å². The average Bonchev–Trinajstić information content (AvgIpc) is 4.11. The summed E-state index contributed by atoms with van der Waals surface area (Å²) in [5.74, 6) is 1.13. The van der Waals surface area contributed by atoms with Crippen molar-refractivity contribution in [3.8, 4) is 5.75 Å². The van der Waals surface area contributed by atoms with Crippen LogP contribution in [-0.2, 0) is 36.1 Å². The number of benzene rings is 4. The number of hydrogen-bond acceptors (Lipinski definition) is 15. The molecular weight excluding hydrogens is 1010 g/mol. The molecule has 23 heteroatoms. The van der Waals surface area contributed by atoms with E-state index in [4.69, 9.17) is 16.3 Å². The van der Waals surface area contributed by atoms with Gasteiger partial charge in [0, 0.05) is 103 Å². The Morgan fingerprint density at radius 3 is 1.93 bits per heavy atom. The summed E-state index contributed by atoms with van der Waals surface area (Å²) < 4.78 is 62.8. The molecule has 0 saturated carbocycles. The third kappa shape index (κ3) is 11.5. The van der Waals surface area contributed by atoms with Gasteiger partial charge in [-0.25, -0.2) is 26.8 Å². The highest BCUT2D eigenvalue weighted by molar-refractivity contribution is 7.93. The molecule has 0 spiro atoms. The Kier molecular flexibility index (Phi) is 15.3. The fourth-order valence-corrected chi connectivity index (χ4v) is 12.3. The average molecular weight is 1070 g/mol. The Labute approximate surface area is 437 Å². The van der Waals surface area contributed by atoms with Gasteiger partial charge in [-0.15, -0.1) is 10.2 Å². The molecule has 6 heterocycles. The minimum atomic E-state index is -3.76. The topological polar surface area (TPSA) is 208 Å². The summed E-state index contributed by atoms with van der Waals surface area (Å²) in [5, 5.41) is 9.35. The molecule has 19 nitrogen and oxygen atoms in total. The predicted octanol–water partition coefficient (Wildman–Crippen LogP) is 7.37. The Morgan fingerprint density at radius 2 is 1.36 bits per heavy atom. The molecule has 0 aliphatic carbocycles. The van der Waals surface area contributed by atoms with E-state index in [1.54, 1.807) is 55.6 Å². The number of aromatic nitrogens is 5. The zero-order valence-corrected chi connectivity index (χ0v) is 43.6. The van der Waals surface area contributed by atoms with Crippen molar-refractivity contribution in [2.24, 2.45) is 0 Å². The van der Waals surface area contributed by atoms with E-state index in [1.165, 1.54) is 29.7 Å². The predicted molar refractivity (Wildman–Crippen MR) is 290 cm³/mol. The molecule has 3 aliphatic rings. The lowest BCUT2D eigenvalue weighted by Crippen LogP contribution is -2.55. The zero-order valence-electron chi connectivity index (χ0n) is 40.4. The molecule has 0 bridgehead atoms. The van der Waals surface area contributed by atoms with Gasteiger partial charge in [0.05, 0.1) is 22.4 Å². The number of halogens is 1. The molecule has 3 aromatic heterocycles. The summed E-state index contributed by atoms with van der Waals surface area (Å²) in [4.78, 5) is 45.0.